The molecule has 0 saturated heterocycles. The number of hydrogen-bond donors (Lipinski definition) is 2. The van der Waals surface area contributed by atoms with Crippen molar-refractivity contribution in [3.63, 3.8) is 0 Å². The van der Waals surface area contributed by atoms with Gasteiger partial charge in [0, 0.05) is 6.54 Å². The smallest absolute Gasteiger partial charge is 0.341 e. The predicted octanol–water partition coefficient (Wildman–Crippen LogP) is 3.35. The van der Waals surface area contributed by atoms with Crippen molar-refractivity contribution in [1.29, 1.82) is 0 Å². The number of anilines is 1. The Balaban J connectivity index is 1.79. The number of ether oxygens (including phenoxy) is 2. The first-order chi connectivity index (χ1) is 16.3. The van der Waals surface area contributed by atoms with E-state index in [0.717, 1.165) is 16.9 Å². The van der Waals surface area contributed by atoms with Crippen LogP contribution in [0.2, 0.25) is 0 Å². The van der Waals surface area contributed by atoms with Crippen molar-refractivity contribution >= 4 is 45.9 Å². The van der Waals surface area contributed by atoms with E-state index in [2.05, 4.69) is 15.5 Å². The zero-order valence-corrected chi connectivity index (χ0v) is 20.8. The Kier molecular flexibility index (Phi) is 8.29. The van der Waals surface area contributed by atoms with Gasteiger partial charge in [0.1, 0.15) is 10.8 Å². The van der Waals surface area contributed by atoms with Crippen LogP contribution >= 0.6 is 23.1 Å². The van der Waals surface area contributed by atoms with Crippen molar-refractivity contribution in [3.05, 3.63) is 40.3 Å². The lowest BCUT2D eigenvalue weighted by Crippen LogP contribution is -2.17. The number of nitrogens with one attached hydrogen (secondary N) is 1. The van der Waals surface area contributed by atoms with E-state index < -0.39 is 11.9 Å². The molecule has 0 radical (unpaired) electrons. The molecule has 180 valence electrons. The van der Waals surface area contributed by atoms with Gasteiger partial charge in [-0.05, 0) is 38.5 Å². The number of rotatable bonds is 10. The number of thiophene rings is 1. The van der Waals surface area contributed by atoms with Gasteiger partial charge in [0.05, 0.1) is 35.5 Å². The summed E-state index contributed by atoms with van der Waals surface area (Å²) in [6, 6.07) is 7.49. The number of amides is 2. The Hall–Kier alpha value is -3.38. The van der Waals surface area contributed by atoms with Gasteiger partial charge in [0.25, 0.3) is 5.91 Å². The molecule has 0 aliphatic heterocycles. The molecule has 2 heterocycles. The summed E-state index contributed by atoms with van der Waals surface area (Å²) in [6.45, 7) is 5.97. The number of carbonyl (C=O) groups is 3. The first-order valence-corrected chi connectivity index (χ1v) is 12.2. The lowest BCUT2D eigenvalue weighted by atomic mass is 10.1. The number of carbonyl (C=O) groups excluding carboxylic acids is 3. The van der Waals surface area contributed by atoms with E-state index in [1.54, 1.807) is 21.0 Å². The Labute approximate surface area is 204 Å². The molecule has 0 bridgehead atoms. The van der Waals surface area contributed by atoms with Crippen LogP contribution in [0.1, 0.15) is 39.4 Å². The second-order valence-electron chi connectivity index (χ2n) is 6.93. The second-order valence-corrected chi connectivity index (χ2v) is 8.90. The van der Waals surface area contributed by atoms with Crippen LogP contribution < -0.4 is 15.8 Å². The number of benzene rings is 1. The zero-order valence-electron chi connectivity index (χ0n) is 19.2. The third-order valence-corrected chi connectivity index (χ3v) is 7.00. The van der Waals surface area contributed by atoms with Gasteiger partial charge in [-0.1, -0.05) is 23.9 Å². The van der Waals surface area contributed by atoms with E-state index in [4.69, 9.17) is 15.2 Å². The molecule has 0 aliphatic rings. The number of primary amides is 1. The van der Waals surface area contributed by atoms with E-state index in [-0.39, 0.29) is 33.7 Å². The van der Waals surface area contributed by atoms with E-state index >= 15 is 0 Å². The summed E-state index contributed by atoms with van der Waals surface area (Å²) in [5, 5.41) is 12.0. The topological polar surface area (TPSA) is 138 Å². The van der Waals surface area contributed by atoms with Gasteiger partial charge >= 0.3 is 5.97 Å². The summed E-state index contributed by atoms with van der Waals surface area (Å²) in [6.07, 6.45) is 0. The van der Waals surface area contributed by atoms with Crippen molar-refractivity contribution in [2.45, 2.75) is 32.5 Å². The van der Waals surface area contributed by atoms with Crippen LogP contribution in [0.4, 0.5) is 5.00 Å². The van der Waals surface area contributed by atoms with Crippen molar-refractivity contribution in [2.75, 3.05) is 24.8 Å². The summed E-state index contributed by atoms with van der Waals surface area (Å²) >= 11 is 2.15. The summed E-state index contributed by atoms with van der Waals surface area (Å²) < 4.78 is 12.4. The van der Waals surface area contributed by atoms with Gasteiger partial charge in [-0.15, -0.1) is 21.5 Å². The van der Waals surface area contributed by atoms with Crippen LogP contribution in [0.3, 0.4) is 0 Å². The monoisotopic (exact) mass is 503 g/mol. The van der Waals surface area contributed by atoms with E-state index in [1.165, 1.54) is 11.8 Å². The third kappa shape index (κ3) is 5.23. The normalized spacial score (nSPS) is 10.7. The molecule has 0 aliphatic carbocycles. The van der Waals surface area contributed by atoms with Gasteiger partial charge in [0.2, 0.25) is 5.91 Å². The molecule has 0 fully saturated rings. The molecule has 3 N–H and O–H groups in total. The molecule has 2 amide bonds. The van der Waals surface area contributed by atoms with Gasteiger partial charge in [0.15, 0.2) is 11.0 Å². The predicted molar refractivity (Wildman–Crippen MR) is 131 cm³/mol. The van der Waals surface area contributed by atoms with Crippen LogP contribution in [-0.4, -0.2) is 52.0 Å². The molecular formula is C22H25N5O5S2. The van der Waals surface area contributed by atoms with Crippen LogP contribution in [0, 0.1) is 6.92 Å². The van der Waals surface area contributed by atoms with Crippen molar-refractivity contribution in [3.8, 4) is 17.1 Å². The number of nitrogens with zero attached hydrogens (tertiary/aromatic N) is 3. The number of methoxy groups -OCH3 is 1. The minimum absolute atomic E-state index is 0.00910. The molecule has 0 unspecified atom stereocenters. The molecule has 0 atom stereocenters. The van der Waals surface area contributed by atoms with E-state index in [9.17, 15) is 14.4 Å². The number of thioether (sulfide) groups is 1. The fourth-order valence-electron chi connectivity index (χ4n) is 3.29. The average molecular weight is 504 g/mol. The molecule has 1 aromatic carbocycles. The fraction of sp³-hybridized carbons (Fsp3) is 0.318. The highest BCUT2D eigenvalue weighted by Crippen LogP contribution is 2.34. The molecule has 2 aromatic heterocycles. The zero-order chi connectivity index (χ0) is 24.8. The maximum absolute atomic E-state index is 12.7. The summed E-state index contributed by atoms with van der Waals surface area (Å²) in [7, 11) is 1.59. The molecule has 0 saturated carbocycles. The number of nitrogens with two attached hydrogens (primary N) is 1. The van der Waals surface area contributed by atoms with Gasteiger partial charge in [-0.3, -0.25) is 9.59 Å². The quantitative estimate of drug-likeness (QED) is 0.317. The minimum atomic E-state index is -0.678. The maximum Gasteiger partial charge on any atom is 0.341 e. The first kappa shape index (κ1) is 25.2. The highest BCUT2D eigenvalue weighted by Gasteiger charge is 2.26. The molecule has 3 rings (SSSR count). The molecule has 34 heavy (non-hydrogen) atoms. The fourth-order valence-corrected chi connectivity index (χ4v) is 5.15. The third-order valence-electron chi connectivity index (χ3n) is 4.82. The number of aromatic nitrogens is 3. The average Bonchev–Trinajstić information content (AvgIpc) is 3.38. The van der Waals surface area contributed by atoms with Crippen molar-refractivity contribution < 1.29 is 23.9 Å². The Morgan fingerprint density at radius 1 is 1.21 bits per heavy atom. The van der Waals surface area contributed by atoms with E-state index in [0.29, 0.717) is 28.8 Å². The van der Waals surface area contributed by atoms with Gasteiger partial charge < -0.3 is 25.1 Å². The van der Waals surface area contributed by atoms with Crippen LogP contribution in [0.5, 0.6) is 5.75 Å². The minimum Gasteiger partial charge on any atom is -0.496 e. The van der Waals surface area contributed by atoms with Crippen molar-refractivity contribution in [2.24, 2.45) is 5.73 Å². The number of para-hydroxylation sites is 1. The molecule has 0 spiro atoms. The lowest BCUT2D eigenvalue weighted by Gasteiger charge is -2.10. The molecular weight excluding hydrogens is 478 g/mol. The second kappa shape index (κ2) is 11.2. The molecule has 12 heteroatoms. The molecule has 3 aromatic rings. The van der Waals surface area contributed by atoms with Crippen LogP contribution in [0.25, 0.3) is 11.4 Å². The first-order valence-electron chi connectivity index (χ1n) is 10.4. The lowest BCUT2D eigenvalue weighted by molar-refractivity contribution is -0.113. The standard InChI is InChI=1S/C22H25N5O5S2/c1-5-27-19(13-9-7-8-10-14(13)31-4)25-26-22(27)33-11-15(28)24-20-16(21(30)32-6-2)12(3)17(34-20)18(23)29/h7-10H,5-6,11H2,1-4H3,(H2,23,29)(H,24,28). The Bertz CT molecular complexity index is 1220. The van der Waals surface area contributed by atoms with E-state index in [1.807, 2.05) is 35.8 Å². The summed E-state index contributed by atoms with van der Waals surface area (Å²) in [5.74, 6) is -0.370. The number of esters is 1. The van der Waals surface area contributed by atoms with Gasteiger partial charge in [-0.25, -0.2) is 4.79 Å². The highest BCUT2D eigenvalue weighted by molar-refractivity contribution is 7.99. The summed E-state index contributed by atoms with van der Waals surface area (Å²) in [4.78, 5) is 37.0. The summed E-state index contributed by atoms with van der Waals surface area (Å²) in [5.41, 5.74) is 6.72. The van der Waals surface area contributed by atoms with Crippen LogP contribution in [0.15, 0.2) is 29.4 Å². The van der Waals surface area contributed by atoms with Crippen LogP contribution in [-0.2, 0) is 16.1 Å². The largest absolute Gasteiger partial charge is 0.496 e. The maximum atomic E-state index is 12.7. The highest BCUT2D eigenvalue weighted by atomic mass is 32.2. The molecule has 10 nitrogen and oxygen atoms in total. The van der Waals surface area contributed by atoms with Gasteiger partial charge in [-0.2, -0.15) is 0 Å². The van der Waals surface area contributed by atoms with Crippen molar-refractivity contribution in [1.82, 2.24) is 14.8 Å². The Morgan fingerprint density at radius 3 is 2.59 bits per heavy atom. The Morgan fingerprint density at radius 2 is 1.94 bits per heavy atom. The number of hydrogen-bond acceptors (Lipinski definition) is 9. The SMILES string of the molecule is CCOC(=O)c1c(NC(=O)CSc2nnc(-c3ccccc3OC)n2CC)sc(C(N)=O)c1C.